The van der Waals surface area contributed by atoms with Crippen molar-refractivity contribution in [2.45, 2.75) is 23.6 Å². The molecule has 3 N–H and O–H groups in total. The molecule has 3 rings (SSSR count). The highest BCUT2D eigenvalue weighted by Gasteiger charge is 2.21. The molecule has 0 atom stereocenters. The lowest BCUT2D eigenvalue weighted by Crippen LogP contribution is -2.41. The molecule has 0 fully saturated rings. The summed E-state index contributed by atoms with van der Waals surface area (Å²) >= 11 is 0. The van der Waals surface area contributed by atoms with Gasteiger partial charge in [-0.05, 0) is 55.8 Å². The van der Waals surface area contributed by atoms with Gasteiger partial charge in [0.15, 0.2) is 0 Å². The number of para-hydroxylation sites is 1. The van der Waals surface area contributed by atoms with Crippen molar-refractivity contribution in [2.75, 3.05) is 11.8 Å². The number of anilines is 1. The predicted octanol–water partition coefficient (Wildman–Crippen LogP) is 2.74. The number of carbonyl (C=O) groups excluding carboxylic acids is 1. The highest BCUT2D eigenvalue weighted by atomic mass is 32.2. The first-order valence-electron chi connectivity index (χ1n) is 9.69. The van der Waals surface area contributed by atoms with Crippen molar-refractivity contribution in [3.63, 3.8) is 0 Å². The number of nitrogens with one attached hydrogen (secondary N) is 3. The molecule has 0 radical (unpaired) electrons. The van der Waals surface area contributed by atoms with Gasteiger partial charge in [-0.25, -0.2) is 16.8 Å². The van der Waals surface area contributed by atoms with Crippen molar-refractivity contribution in [3.8, 4) is 5.75 Å². The molecule has 9 nitrogen and oxygen atoms in total. The maximum Gasteiger partial charge on any atom is 0.266 e. The summed E-state index contributed by atoms with van der Waals surface area (Å²) < 4.78 is 58.2. The fourth-order valence-electron chi connectivity index (χ4n) is 3.02. The Bertz CT molecular complexity index is 1400. The summed E-state index contributed by atoms with van der Waals surface area (Å²) in [7, 11) is -6.79. The molecular weight excluding hydrogens is 466 g/mol. The summed E-state index contributed by atoms with van der Waals surface area (Å²) in [6.45, 7) is 3.68. The molecule has 0 aromatic heterocycles. The van der Waals surface area contributed by atoms with Crippen molar-refractivity contribution in [2.24, 2.45) is 0 Å². The molecule has 3 aromatic rings. The fraction of sp³-hybridized carbons (Fsp3) is 0.136. The molecule has 0 aliphatic heterocycles. The molecule has 3 aromatic carbocycles. The number of sulfonamides is 2. The summed E-state index contributed by atoms with van der Waals surface area (Å²) in [5.41, 5.74) is 4.19. The van der Waals surface area contributed by atoms with Crippen molar-refractivity contribution < 1.29 is 26.4 Å². The number of methoxy groups -OCH3 is 1. The molecule has 0 saturated carbocycles. The molecule has 174 valence electrons. The number of carbonyl (C=O) groups is 1. The van der Waals surface area contributed by atoms with Crippen LogP contribution in [0.1, 0.15) is 21.5 Å². The quantitative estimate of drug-likeness (QED) is 0.417. The van der Waals surface area contributed by atoms with E-state index in [-0.39, 0.29) is 21.1 Å². The zero-order chi connectivity index (χ0) is 24.2. The third-order valence-corrected chi connectivity index (χ3v) is 7.34. The normalized spacial score (nSPS) is 11.6. The van der Waals surface area contributed by atoms with Gasteiger partial charge in [0.2, 0.25) is 0 Å². The number of rotatable bonds is 8. The molecule has 0 saturated heterocycles. The SMILES string of the molecule is COc1ccccc1S(=O)(=O)NNC(=O)c1cccc(S(=O)(=O)Nc2ccc(C)cc2C)c1. The predicted molar refractivity (Wildman–Crippen MR) is 124 cm³/mol. The average Bonchev–Trinajstić information content (AvgIpc) is 2.79. The highest BCUT2D eigenvalue weighted by Crippen LogP contribution is 2.23. The lowest BCUT2D eigenvalue weighted by molar-refractivity contribution is 0.0945. The molecule has 0 bridgehead atoms. The van der Waals surface area contributed by atoms with E-state index in [0.717, 1.165) is 17.2 Å². The van der Waals surface area contributed by atoms with Gasteiger partial charge in [-0.15, -0.1) is 4.83 Å². The highest BCUT2D eigenvalue weighted by molar-refractivity contribution is 7.92. The number of hydrazine groups is 1. The van der Waals surface area contributed by atoms with E-state index in [9.17, 15) is 21.6 Å². The van der Waals surface area contributed by atoms with E-state index in [1.165, 1.54) is 43.5 Å². The third-order valence-electron chi connectivity index (χ3n) is 4.69. The first-order valence-corrected chi connectivity index (χ1v) is 12.7. The van der Waals surface area contributed by atoms with Gasteiger partial charge >= 0.3 is 0 Å². The van der Waals surface area contributed by atoms with Gasteiger partial charge in [0.25, 0.3) is 26.0 Å². The minimum Gasteiger partial charge on any atom is -0.495 e. The molecule has 0 heterocycles. The largest absolute Gasteiger partial charge is 0.495 e. The first-order chi connectivity index (χ1) is 15.5. The van der Waals surface area contributed by atoms with E-state index in [1.807, 2.05) is 17.8 Å². The first kappa shape index (κ1) is 24.2. The van der Waals surface area contributed by atoms with Gasteiger partial charge in [0.05, 0.1) is 17.7 Å². The summed E-state index contributed by atoms with van der Waals surface area (Å²) in [6, 6.07) is 16.4. The van der Waals surface area contributed by atoms with Crippen LogP contribution in [0.5, 0.6) is 5.75 Å². The van der Waals surface area contributed by atoms with Crippen LogP contribution in [0.2, 0.25) is 0 Å². The number of hydrogen-bond acceptors (Lipinski definition) is 6. The topological polar surface area (TPSA) is 131 Å². The molecule has 0 unspecified atom stereocenters. The Morgan fingerprint density at radius 3 is 2.27 bits per heavy atom. The van der Waals surface area contributed by atoms with Crippen LogP contribution in [0, 0.1) is 13.8 Å². The third kappa shape index (κ3) is 5.69. The number of hydrogen-bond donors (Lipinski definition) is 3. The Morgan fingerprint density at radius 1 is 0.848 bits per heavy atom. The zero-order valence-corrected chi connectivity index (χ0v) is 19.7. The van der Waals surface area contributed by atoms with E-state index >= 15 is 0 Å². The van der Waals surface area contributed by atoms with Crippen molar-refractivity contribution in [3.05, 3.63) is 83.4 Å². The maximum absolute atomic E-state index is 12.8. The van der Waals surface area contributed by atoms with Crippen LogP contribution in [0.25, 0.3) is 0 Å². The molecular formula is C22H23N3O6S2. The van der Waals surface area contributed by atoms with Gasteiger partial charge in [0.1, 0.15) is 10.6 Å². The van der Waals surface area contributed by atoms with E-state index in [2.05, 4.69) is 10.1 Å². The van der Waals surface area contributed by atoms with Crippen LogP contribution in [-0.4, -0.2) is 29.9 Å². The molecule has 0 spiro atoms. The number of benzene rings is 3. The minimum atomic E-state index is -4.13. The summed E-state index contributed by atoms with van der Waals surface area (Å²) in [4.78, 5) is 14.2. The molecule has 11 heteroatoms. The lowest BCUT2D eigenvalue weighted by atomic mass is 10.1. The molecule has 0 aliphatic rings. The Kier molecular flexibility index (Phi) is 7.06. The Balaban J connectivity index is 1.78. The zero-order valence-electron chi connectivity index (χ0n) is 18.1. The van der Waals surface area contributed by atoms with E-state index in [1.54, 1.807) is 25.1 Å². The Morgan fingerprint density at radius 2 is 1.58 bits per heavy atom. The van der Waals surface area contributed by atoms with E-state index in [4.69, 9.17) is 4.74 Å². The van der Waals surface area contributed by atoms with Crippen LogP contribution in [0.4, 0.5) is 5.69 Å². The van der Waals surface area contributed by atoms with Crippen LogP contribution in [0.15, 0.2) is 76.5 Å². The van der Waals surface area contributed by atoms with Crippen molar-refractivity contribution in [1.29, 1.82) is 0 Å². The average molecular weight is 490 g/mol. The Labute approximate surface area is 192 Å². The second-order valence-electron chi connectivity index (χ2n) is 7.16. The smallest absolute Gasteiger partial charge is 0.266 e. The van der Waals surface area contributed by atoms with Gasteiger partial charge in [-0.1, -0.05) is 35.9 Å². The van der Waals surface area contributed by atoms with Crippen LogP contribution < -0.4 is 19.7 Å². The second-order valence-corrected chi connectivity index (χ2v) is 10.5. The van der Waals surface area contributed by atoms with Gasteiger partial charge in [0, 0.05) is 5.56 Å². The summed E-state index contributed by atoms with van der Waals surface area (Å²) in [6.07, 6.45) is 0. The van der Waals surface area contributed by atoms with Crippen molar-refractivity contribution >= 4 is 31.6 Å². The second kappa shape index (κ2) is 9.61. The molecule has 1 amide bonds. The minimum absolute atomic E-state index is 0.0544. The Hall–Kier alpha value is -3.41. The van der Waals surface area contributed by atoms with Gasteiger partial charge in [-0.3, -0.25) is 14.9 Å². The van der Waals surface area contributed by atoms with E-state index in [0.29, 0.717) is 5.69 Å². The molecule has 0 aliphatic carbocycles. The lowest BCUT2D eigenvalue weighted by Gasteiger charge is -2.13. The van der Waals surface area contributed by atoms with E-state index < -0.39 is 26.0 Å². The summed E-state index contributed by atoms with van der Waals surface area (Å²) in [5.74, 6) is -0.734. The molecule has 33 heavy (non-hydrogen) atoms. The fourth-order valence-corrected chi connectivity index (χ4v) is 5.20. The number of amides is 1. The number of ether oxygens (including phenoxy) is 1. The van der Waals surface area contributed by atoms with Crippen LogP contribution >= 0.6 is 0 Å². The van der Waals surface area contributed by atoms with Gasteiger partial charge < -0.3 is 4.74 Å². The number of aryl methyl sites for hydroxylation is 2. The standard InChI is InChI=1S/C22H23N3O6S2/c1-15-11-12-19(16(2)13-15)24-32(27,28)18-8-6-7-17(14-18)22(26)23-25-33(29,30)21-10-5-4-9-20(21)31-3/h4-14,24-25H,1-3H3,(H,23,26). The monoisotopic (exact) mass is 489 g/mol. The maximum atomic E-state index is 12.8. The summed E-state index contributed by atoms with van der Waals surface area (Å²) in [5, 5.41) is 0. The van der Waals surface area contributed by atoms with Crippen LogP contribution in [-0.2, 0) is 20.0 Å². The van der Waals surface area contributed by atoms with Crippen LogP contribution in [0.3, 0.4) is 0 Å². The van der Waals surface area contributed by atoms with Gasteiger partial charge in [-0.2, -0.15) is 0 Å². The van der Waals surface area contributed by atoms with Crippen molar-refractivity contribution in [1.82, 2.24) is 10.3 Å².